The van der Waals surface area contributed by atoms with E-state index in [4.69, 9.17) is 15.2 Å². The number of anilines is 1. The number of nitrogens with zero attached hydrogens (tertiary/aromatic N) is 1. The molecule has 6 nitrogen and oxygen atoms in total. The van der Waals surface area contributed by atoms with Crippen molar-refractivity contribution in [3.05, 3.63) is 29.6 Å². The van der Waals surface area contributed by atoms with E-state index >= 15 is 0 Å². The van der Waals surface area contributed by atoms with Crippen molar-refractivity contribution in [3.63, 3.8) is 0 Å². The second-order valence-corrected chi connectivity index (χ2v) is 8.88. The van der Waals surface area contributed by atoms with Crippen LogP contribution in [0.5, 0.6) is 0 Å². The van der Waals surface area contributed by atoms with E-state index in [0.29, 0.717) is 5.69 Å². The van der Waals surface area contributed by atoms with Gasteiger partial charge in [-0.15, -0.1) is 0 Å². The van der Waals surface area contributed by atoms with E-state index < -0.39 is 30.1 Å². The van der Waals surface area contributed by atoms with E-state index in [-0.39, 0.29) is 36.6 Å². The van der Waals surface area contributed by atoms with Crippen LogP contribution in [0.1, 0.15) is 56.9 Å². The highest BCUT2D eigenvalue weighted by Gasteiger charge is 2.55. The number of carbonyl (C=O) groups is 1. The Bertz CT molecular complexity index is 824. The third-order valence-electron chi connectivity index (χ3n) is 6.88. The van der Waals surface area contributed by atoms with Gasteiger partial charge in [0.05, 0.1) is 25.2 Å². The molecular weight excluding hydrogens is 404 g/mol. The van der Waals surface area contributed by atoms with Crippen LogP contribution in [0.25, 0.3) is 0 Å². The average molecular weight is 436 g/mol. The fraction of sp³-hybridized carbons (Fsp3) is 0.652. The van der Waals surface area contributed by atoms with E-state index in [1.807, 2.05) is 0 Å². The van der Waals surface area contributed by atoms with E-state index in [9.17, 15) is 13.6 Å². The zero-order valence-electron chi connectivity index (χ0n) is 17.7. The van der Waals surface area contributed by atoms with Crippen LogP contribution < -0.4 is 11.1 Å². The molecule has 1 saturated carbocycles. The van der Waals surface area contributed by atoms with Crippen LogP contribution in [0.4, 0.5) is 14.5 Å². The number of alkyl halides is 1. The summed E-state index contributed by atoms with van der Waals surface area (Å²) in [6.45, 7) is -0.611. The summed E-state index contributed by atoms with van der Waals surface area (Å²) in [6, 6.07) is 4.37. The van der Waals surface area contributed by atoms with Gasteiger partial charge in [-0.25, -0.2) is 13.8 Å². The lowest BCUT2D eigenvalue weighted by atomic mass is 9.78. The molecule has 3 unspecified atom stereocenters. The second-order valence-electron chi connectivity index (χ2n) is 8.88. The van der Waals surface area contributed by atoms with Gasteiger partial charge in [0.2, 0.25) is 5.91 Å². The molecule has 170 valence electrons. The fourth-order valence-electron chi connectivity index (χ4n) is 5.09. The molecule has 2 heterocycles. The molecule has 2 aliphatic heterocycles. The number of aliphatic imine (C=N–C) groups is 1. The van der Waals surface area contributed by atoms with Crippen LogP contribution in [-0.2, 0) is 19.8 Å². The maximum Gasteiger partial charge on any atom is 0.282 e. The minimum Gasteiger partial charge on any atom is -0.465 e. The number of carbonyl (C=O) groups excluding carboxylic acids is 1. The predicted molar refractivity (Wildman–Crippen MR) is 114 cm³/mol. The summed E-state index contributed by atoms with van der Waals surface area (Å²) in [5.41, 5.74) is 5.37. The van der Waals surface area contributed by atoms with Crippen LogP contribution in [0.15, 0.2) is 23.2 Å². The van der Waals surface area contributed by atoms with Crippen LogP contribution in [0.3, 0.4) is 0 Å². The first-order valence-electron chi connectivity index (χ1n) is 11.3. The number of halogens is 2. The topological polar surface area (TPSA) is 85.9 Å². The molecule has 3 atom stereocenters. The summed E-state index contributed by atoms with van der Waals surface area (Å²) in [5.74, 6) is -1.07. The van der Waals surface area contributed by atoms with Crippen LogP contribution in [-0.4, -0.2) is 37.9 Å². The summed E-state index contributed by atoms with van der Waals surface area (Å²) >= 11 is 0. The molecule has 1 saturated heterocycles. The van der Waals surface area contributed by atoms with Crippen molar-refractivity contribution in [2.24, 2.45) is 22.6 Å². The highest BCUT2D eigenvalue weighted by Crippen LogP contribution is 2.46. The van der Waals surface area contributed by atoms with Crippen molar-refractivity contribution in [3.8, 4) is 0 Å². The quantitative estimate of drug-likeness (QED) is 0.747. The molecule has 4 rings (SSSR count). The zero-order valence-corrected chi connectivity index (χ0v) is 17.7. The molecule has 1 aromatic carbocycles. The third kappa shape index (κ3) is 4.54. The molecule has 1 aromatic rings. The Morgan fingerprint density at radius 3 is 2.61 bits per heavy atom. The molecule has 1 amide bonds. The number of hydrogen-bond acceptors (Lipinski definition) is 5. The SMILES string of the molecule is NC1=NC2(c3cc(NC(=O)C4CCCCCCCC4)ccc3F)COC(CF)C2CO1. The number of ether oxygens (including phenoxy) is 2. The highest BCUT2D eigenvalue weighted by molar-refractivity contribution is 5.92. The molecule has 3 aliphatic rings. The van der Waals surface area contributed by atoms with Crippen LogP contribution >= 0.6 is 0 Å². The molecule has 0 aromatic heterocycles. The molecule has 0 spiro atoms. The summed E-state index contributed by atoms with van der Waals surface area (Å²) in [6.07, 6.45) is 7.88. The number of amidine groups is 1. The predicted octanol–water partition coefficient (Wildman–Crippen LogP) is 4.04. The van der Waals surface area contributed by atoms with Crippen LogP contribution in [0, 0.1) is 17.7 Å². The van der Waals surface area contributed by atoms with Gasteiger partial charge in [-0.2, -0.15) is 0 Å². The molecule has 0 radical (unpaired) electrons. The maximum absolute atomic E-state index is 15.0. The number of rotatable bonds is 4. The summed E-state index contributed by atoms with van der Waals surface area (Å²) in [4.78, 5) is 17.3. The van der Waals surface area contributed by atoms with Crippen LogP contribution in [0.2, 0.25) is 0 Å². The van der Waals surface area contributed by atoms with E-state index in [1.165, 1.54) is 18.9 Å². The second kappa shape index (κ2) is 9.51. The lowest BCUT2D eigenvalue weighted by molar-refractivity contribution is -0.120. The van der Waals surface area contributed by atoms with Crippen molar-refractivity contribution >= 4 is 17.6 Å². The Hall–Kier alpha value is -2.22. The van der Waals surface area contributed by atoms with Gasteiger partial charge in [0, 0.05) is 17.2 Å². The minimum absolute atomic E-state index is 0.00720. The Morgan fingerprint density at radius 2 is 1.90 bits per heavy atom. The summed E-state index contributed by atoms with van der Waals surface area (Å²) in [7, 11) is 0. The van der Waals surface area contributed by atoms with Crippen molar-refractivity contribution in [1.29, 1.82) is 0 Å². The summed E-state index contributed by atoms with van der Waals surface area (Å²) in [5, 5.41) is 2.97. The monoisotopic (exact) mass is 435 g/mol. The number of benzene rings is 1. The lowest BCUT2D eigenvalue weighted by Gasteiger charge is -2.35. The first-order chi connectivity index (χ1) is 15.0. The Balaban J connectivity index is 1.58. The number of amides is 1. The standard InChI is InChI=1S/C23H31F2N3O3/c24-12-20-18-13-30-22(26)28-23(18,14-31-20)17-11-16(9-10-19(17)25)27-21(29)15-7-5-3-1-2-4-6-8-15/h9-11,15,18,20H,1-8,12-14H2,(H2,26,28)(H,27,29). The third-order valence-corrected chi connectivity index (χ3v) is 6.88. The van der Waals surface area contributed by atoms with Gasteiger partial charge in [-0.05, 0) is 31.0 Å². The molecule has 3 N–H and O–H groups in total. The smallest absolute Gasteiger partial charge is 0.282 e. The van der Waals surface area contributed by atoms with Gasteiger partial charge in [0.15, 0.2) is 0 Å². The summed E-state index contributed by atoms with van der Waals surface area (Å²) < 4.78 is 39.4. The van der Waals surface area contributed by atoms with Crippen molar-refractivity contribution in [2.75, 3.05) is 25.2 Å². The molecule has 1 aliphatic carbocycles. The van der Waals surface area contributed by atoms with Crippen molar-refractivity contribution in [2.45, 2.75) is 63.0 Å². The Labute approximate surface area is 181 Å². The highest BCUT2D eigenvalue weighted by atomic mass is 19.1. The largest absolute Gasteiger partial charge is 0.465 e. The maximum atomic E-state index is 15.0. The van der Waals surface area contributed by atoms with Gasteiger partial charge in [0.1, 0.15) is 18.0 Å². The first kappa shape index (κ1) is 22.0. The number of nitrogens with one attached hydrogen (secondary N) is 1. The van der Waals surface area contributed by atoms with Crippen molar-refractivity contribution < 1.29 is 23.0 Å². The normalized spacial score (nSPS) is 29.7. The van der Waals surface area contributed by atoms with Gasteiger partial charge in [-0.3, -0.25) is 4.79 Å². The van der Waals surface area contributed by atoms with Gasteiger partial charge >= 0.3 is 0 Å². The molecule has 8 heteroatoms. The van der Waals surface area contributed by atoms with Gasteiger partial charge in [0.25, 0.3) is 6.02 Å². The average Bonchev–Trinajstić information content (AvgIpc) is 3.19. The van der Waals surface area contributed by atoms with E-state index in [1.54, 1.807) is 12.1 Å². The molecular formula is C23H31F2N3O3. The van der Waals surface area contributed by atoms with Crippen molar-refractivity contribution in [1.82, 2.24) is 0 Å². The molecule has 31 heavy (non-hydrogen) atoms. The number of nitrogens with two attached hydrogens (primary N) is 1. The van der Waals surface area contributed by atoms with E-state index in [2.05, 4.69) is 10.3 Å². The zero-order chi connectivity index (χ0) is 21.8. The minimum atomic E-state index is -1.16. The fourth-order valence-corrected chi connectivity index (χ4v) is 5.09. The number of fused-ring (bicyclic) bond motifs is 1. The first-order valence-corrected chi connectivity index (χ1v) is 11.3. The number of hydrogen-bond donors (Lipinski definition) is 2. The van der Waals surface area contributed by atoms with E-state index in [0.717, 1.165) is 38.5 Å². The molecule has 0 bridgehead atoms. The lowest BCUT2D eigenvalue weighted by Crippen LogP contribution is -2.45. The molecule has 2 fully saturated rings. The van der Waals surface area contributed by atoms with Gasteiger partial charge < -0.3 is 20.5 Å². The Morgan fingerprint density at radius 1 is 1.19 bits per heavy atom. The Kier molecular flexibility index (Phi) is 6.74. The van der Waals surface area contributed by atoms with Gasteiger partial charge in [-0.1, -0.05) is 38.5 Å².